The summed E-state index contributed by atoms with van der Waals surface area (Å²) in [7, 11) is 0. The molecule has 2 aromatic heterocycles. The van der Waals surface area contributed by atoms with Crippen LogP contribution in [0.5, 0.6) is 0 Å². The summed E-state index contributed by atoms with van der Waals surface area (Å²) >= 11 is 5.77. The first-order valence-corrected chi connectivity index (χ1v) is 7.39. The lowest BCUT2D eigenvalue weighted by molar-refractivity contribution is -0.135. The maximum atomic E-state index is 12.2. The van der Waals surface area contributed by atoms with Crippen molar-refractivity contribution in [2.75, 3.05) is 5.88 Å². The summed E-state index contributed by atoms with van der Waals surface area (Å²) < 4.78 is 38.4. The summed E-state index contributed by atoms with van der Waals surface area (Å²) in [6.45, 7) is 2.36. The van der Waals surface area contributed by atoms with Gasteiger partial charge in [0.15, 0.2) is 5.65 Å². The summed E-state index contributed by atoms with van der Waals surface area (Å²) in [5.41, 5.74) is 2.34. The average Bonchev–Trinajstić information content (AvgIpc) is 2.71. The van der Waals surface area contributed by atoms with Gasteiger partial charge in [-0.3, -0.25) is 0 Å². The van der Waals surface area contributed by atoms with Gasteiger partial charge in [0.25, 0.3) is 0 Å². The molecule has 0 spiro atoms. The number of aromatic nitrogens is 3. The molecular formula is C14H17ClF3N3. The Morgan fingerprint density at radius 2 is 1.95 bits per heavy atom. The number of imidazole rings is 1. The lowest BCUT2D eigenvalue weighted by Crippen LogP contribution is -2.09. The van der Waals surface area contributed by atoms with Gasteiger partial charge in [-0.1, -0.05) is 0 Å². The number of nitrogens with zero attached hydrogens (tertiary/aromatic N) is 3. The van der Waals surface area contributed by atoms with Crippen molar-refractivity contribution in [3.05, 3.63) is 23.7 Å². The van der Waals surface area contributed by atoms with Crippen molar-refractivity contribution in [3.63, 3.8) is 0 Å². The number of hydrogen-bond acceptors (Lipinski definition) is 2. The van der Waals surface area contributed by atoms with E-state index in [0.717, 1.165) is 22.7 Å². The topological polar surface area (TPSA) is 30.7 Å². The zero-order chi connectivity index (χ0) is 15.5. The fourth-order valence-electron chi connectivity index (χ4n) is 2.25. The first-order chi connectivity index (χ1) is 9.90. The molecule has 116 valence electrons. The molecular weight excluding hydrogens is 303 g/mol. The van der Waals surface area contributed by atoms with Gasteiger partial charge in [0.05, 0.1) is 0 Å². The summed E-state index contributed by atoms with van der Waals surface area (Å²) in [5.74, 6) is 1.20. The molecule has 0 aromatic carbocycles. The molecule has 0 aliphatic rings. The van der Waals surface area contributed by atoms with E-state index in [1.807, 2.05) is 23.6 Å². The highest BCUT2D eigenvalue weighted by atomic mass is 35.5. The fourth-order valence-corrected chi connectivity index (χ4v) is 2.42. The maximum absolute atomic E-state index is 12.2. The van der Waals surface area contributed by atoms with Gasteiger partial charge in [-0.05, 0) is 31.9 Å². The number of hydrogen-bond donors (Lipinski definition) is 0. The molecule has 0 atom stereocenters. The Balaban J connectivity index is 2.15. The fraction of sp³-hybridized carbons (Fsp3) is 0.571. The Bertz CT molecular complexity index is 607. The highest BCUT2D eigenvalue weighted by Crippen LogP contribution is 2.23. The minimum Gasteiger partial charge on any atom is -0.313 e. The van der Waals surface area contributed by atoms with Gasteiger partial charge in [0.1, 0.15) is 11.3 Å². The number of pyridine rings is 1. The van der Waals surface area contributed by atoms with Crippen LogP contribution in [-0.4, -0.2) is 26.6 Å². The van der Waals surface area contributed by atoms with Crippen molar-refractivity contribution in [1.29, 1.82) is 0 Å². The highest BCUT2D eigenvalue weighted by Gasteiger charge is 2.26. The van der Waals surface area contributed by atoms with Crippen molar-refractivity contribution in [2.24, 2.45) is 0 Å². The SMILES string of the molecule is Cc1ccc2nc(CCCl)n(CCCCC(F)(F)F)c2n1. The van der Waals surface area contributed by atoms with Gasteiger partial charge in [-0.2, -0.15) is 13.2 Å². The third-order valence-electron chi connectivity index (χ3n) is 3.22. The largest absolute Gasteiger partial charge is 0.389 e. The molecule has 21 heavy (non-hydrogen) atoms. The number of unbranched alkanes of at least 4 members (excludes halogenated alkanes) is 1. The summed E-state index contributed by atoms with van der Waals surface area (Å²) in [6.07, 6.45) is -3.72. The van der Waals surface area contributed by atoms with Gasteiger partial charge in [0.2, 0.25) is 0 Å². The van der Waals surface area contributed by atoms with Crippen LogP contribution in [0.2, 0.25) is 0 Å². The van der Waals surface area contributed by atoms with Gasteiger partial charge in [0, 0.05) is 31.0 Å². The van der Waals surface area contributed by atoms with Crippen LogP contribution in [0.15, 0.2) is 12.1 Å². The van der Waals surface area contributed by atoms with E-state index in [9.17, 15) is 13.2 Å². The van der Waals surface area contributed by atoms with Gasteiger partial charge < -0.3 is 4.57 Å². The zero-order valence-corrected chi connectivity index (χ0v) is 12.5. The van der Waals surface area contributed by atoms with Crippen LogP contribution in [0.3, 0.4) is 0 Å². The molecule has 2 aromatic rings. The molecule has 0 aliphatic heterocycles. The van der Waals surface area contributed by atoms with Gasteiger partial charge in [-0.15, -0.1) is 11.6 Å². The second-order valence-corrected chi connectivity index (χ2v) is 5.36. The van der Waals surface area contributed by atoms with Gasteiger partial charge >= 0.3 is 6.18 Å². The molecule has 0 unspecified atom stereocenters. The van der Waals surface area contributed by atoms with E-state index >= 15 is 0 Å². The molecule has 0 bridgehead atoms. The Kier molecular flexibility index (Phi) is 5.08. The van der Waals surface area contributed by atoms with Crippen LogP contribution >= 0.6 is 11.6 Å². The summed E-state index contributed by atoms with van der Waals surface area (Å²) in [6, 6.07) is 3.75. The van der Waals surface area contributed by atoms with Gasteiger partial charge in [-0.25, -0.2) is 9.97 Å². The van der Waals surface area contributed by atoms with Crippen molar-refractivity contribution < 1.29 is 13.2 Å². The number of fused-ring (bicyclic) bond motifs is 1. The second kappa shape index (κ2) is 6.64. The predicted molar refractivity (Wildman–Crippen MR) is 76.6 cm³/mol. The molecule has 0 aliphatic carbocycles. The number of alkyl halides is 4. The normalized spacial score (nSPS) is 12.2. The summed E-state index contributed by atoms with van der Waals surface area (Å²) in [5, 5.41) is 0. The number of aryl methyl sites for hydroxylation is 3. The Labute approximate surface area is 126 Å². The molecule has 0 fully saturated rings. The quantitative estimate of drug-likeness (QED) is 0.588. The van der Waals surface area contributed by atoms with Crippen LogP contribution in [0.1, 0.15) is 30.8 Å². The average molecular weight is 320 g/mol. The van der Waals surface area contributed by atoms with Crippen LogP contribution in [0.4, 0.5) is 13.2 Å². The lowest BCUT2D eigenvalue weighted by atomic mass is 10.2. The Morgan fingerprint density at radius 3 is 2.62 bits per heavy atom. The molecule has 0 saturated heterocycles. The number of rotatable bonds is 6. The minimum absolute atomic E-state index is 0.106. The third-order valence-corrected chi connectivity index (χ3v) is 3.41. The zero-order valence-electron chi connectivity index (χ0n) is 11.8. The molecule has 7 heteroatoms. The smallest absolute Gasteiger partial charge is 0.313 e. The minimum atomic E-state index is -4.09. The van der Waals surface area contributed by atoms with E-state index in [-0.39, 0.29) is 6.42 Å². The maximum Gasteiger partial charge on any atom is 0.389 e. The van der Waals surface area contributed by atoms with Crippen LogP contribution < -0.4 is 0 Å². The molecule has 0 N–H and O–H groups in total. The van der Waals surface area contributed by atoms with E-state index in [0.29, 0.717) is 25.3 Å². The van der Waals surface area contributed by atoms with Crippen molar-refractivity contribution in [1.82, 2.24) is 14.5 Å². The lowest BCUT2D eigenvalue weighted by Gasteiger charge is -2.09. The predicted octanol–water partition coefficient (Wildman–Crippen LogP) is 4.25. The van der Waals surface area contributed by atoms with E-state index in [1.54, 1.807) is 0 Å². The highest BCUT2D eigenvalue weighted by molar-refractivity contribution is 6.17. The third kappa shape index (κ3) is 4.33. The van der Waals surface area contributed by atoms with Crippen LogP contribution in [-0.2, 0) is 13.0 Å². The number of halogens is 4. The van der Waals surface area contributed by atoms with E-state index in [2.05, 4.69) is 9.97 Å². The van der Waals surface area contributed by atoms with E-state index < -0.39 is 12.6 Å². The first kappa shape index (κ1) is 16.1. The van der Waals surface area contributed by atoms with E-state index in [4.69, 9.17) is 11.6 Å². The Hall–Kier alpha value is -1.30. The van der Waals surface area contributed by atoms with Crippen molar-refractivity contribution >= 4 is 22.8 Å². The standard InChI is InChI=1S/C14H17ClF3N3/c1-10-4-5-11-13(19-10)21(12(20-11)6-8-15)9-3-2-7-14(16,17)18/h4-5H,2-3,6-9H2,1H3. The van der Waals surface area contributed by atoms with Crippen molar-refractivity contribution in [2.45, 2.75) is 45.3 Å². The molecule has 0 radical (unpaired) electrons. The van der Waals surface area contributed by atoms with E-state index in [1.165, 1.54) is 0 Å². The molecule has 2 heterocycles. The van der Waals surface area contributed by atoms with Crippen LogP contribution in [0, 0.1) is 6.92 Å². The van der Waals surface area contributed by atoms with Crippen LogP contribution in [0.25, 0.3) is 11.2 Å². The summed E-state index contributed by atoms with van der Waals surface area (Å²) in [4.78, 5) is 8.91. The molecule has 0 saturated carbocycles. The Morgan fingerprint density at radius 1 is 1.19 bits per heavy atom. The van der Waals surface area contributed by atoms with Crippen molar-refractivity contribution in [3.8, 4) is 0 Å². The monoisotopic (exact) mass is 319 g/mol. The molecule has 0 amide bonds. The molecule has 3 nitrogen and oxygen atoms in total. The second-order valence-electron chi connectivity index (χ2n) is 4.99. The molecule has 2 rings (SSSR count). The first-order valence-electron chi connectivity index (χ1n) is 6.86.